The fourth-order valence-electron chi connectivity index (χ4n) is 2.47. The minimum Gasteiger partial charge on any atom is -0.456 e. The lowest BCUT2D eigenvalue weighted by Crippen LogP contribution is -2.24. The molecule has 0 saturated carbocycles. The third-order valence-corrected chi connectivity index (χ3v) is 3.97. The molecule has 0 unspecified atom stereocenters. The third kappa shape index (κ3) is 4.18. The molecule has 26 heavy (non-hydrogen) atoms. The number of carbonyl (C=O) groups is 2. The molecule has 0 atom stereocenters. The molecule has 1 aliphatic rings. The summed E-state index contributed by atoms with van der Waals surface area (Å²) in [5.41, 5.74) is 1.19. The fraction of sp³-hybridized carbons (Fsp3) is 0.100. The van der Waals surface area contributed by atoms with Gasteiger partial charge in [0.05, 0.1) is 5.56 Å². The lowest BCUT2D eigenvalue weighted by Gasteiger charge is -2.14. The lowest BCUT2D eigenvalue weighted by atomic mass is 10.1. The normalized spacial score (nSPS) is 13.3. The third-order valence-electron chi connectivity index (χ3n) is 3.73. The van der Waals surface area contributed by atoms with Gasteiger partial charge in [0, 0.05) is 23.2 Å². The lowest BCUT2D eigenvalue weighted by molar-refractivity contribution is -0.113. The van der Waals surface area contributed by atoms with Crippen molar-refractivity contribution in [1.82, 2.24) is 5.32 Å². The maximum atomic E-state index is 13.3. The number of hydrogen-bond acceptors (Lipinski definition) is 3. The molecular formula is C20H15ClFNO3. The number of nitrogens with one attached hydrogen (secondary N) is 1. The van der Waals surface area contributed by atoms with Gasteiger partial charge < -0.3 is 10.1 Å². The highest BCUT2D eigenvalue weighted by atomic mass is 35.5. The molecule has 1 aliphatic carbocycles. The summed E-state index contributed by atoms with van der Waals surface area (Å²) in [5, 5.41) is 3.02. The second kappa shape index (κ2) is 7.54. The van der Waals surface area contributed by atoms with Crippen molar-refractivity contribution in [2.45, 2.75) is 13.3 Å². The number of amides is 1. The molecule has 6 heteroatoms. The second-order valence-electron chi connectivity index (χ2n) is 5.78. The largest absolute Gasteiger partial charge is 0.456 e. The number of rotatable bonds is 4. The molecule has 132 valence electrons. The molecule has 0 bridgehead atoms. The molecule has 0 heterocycles. The Morgan fingerprint density at radius 1 is 1.19 bits per heavy atom. The maximum Gasteiger partial charge on any atom is 0.259 e. The molecule has 0 aliphatic heterocycles. The van der Waals surface area contributed by atoms with Crippen LogP contribution in [0.4, 0.5) is 4.39 Å². The zero-order chi connectivity index (χ0) is 18.7. The highest BCUT2D eigenvalue weighted by Gasteiger charge is 2.17. The maximum absolute atomic E-state index is 13.3. The summed E-state index contributed by atoms with van der Waals surface area (Å²) in [6.45, 7) is 1.71. The van der Waals surface area contributed by atoms with Crippen LogP contribution in [-0.2, 0) is 4.79 Å². The van der Waals surface area contributed by atoms with Crippen LogP contribution in [0.3, 0.4) is 0 Å². The van der Waals surface area contributed by atoms with E-state index >= 15 is 0 Å². The van der Waals surface area contributed by atoms with Gasteiger partial charge in [0.1, 0.15) is 17.3 Å². The standard InChI is InChI=1S/C20H15ClFNO3/c1-12-9-14(22)6-8-18(12)26-19-7-5-13(21)10-17(19)20(25)23-15-3-2-4-16(24)11-15/h2-3,5-11H,4H2,1H3,(H,23,25). The Balaban J connectivity index is 1.89. The summed E-state index contributed by atoms with van der Waals surface area (Å²) in [4.78, 5) is 24.1. The number of hydrogen-bond donors (Lipinski definition) is 1. The Kier molecular flexibility index (Phi) is 5.19. The summed E-state index contributed by atoms with van der Waals surface area (Å²) in [7, 11) is 0. The van der Waals surface area contributed by atoms with Crippen LogP contribution in [0.15, 0.2) is 60.3 Å². The van der Waals surface area contributed by atoms with Gasteiger partial charge in [-0.2, -0.15) is 0 Å². The molecule has 1 amide bonds. The predicted molar refractivity (Wildman–Crippen MR) is 97.0 cm³/mol. The van der Waals surface area contributed by atoms with E-state index in [0.717, 1.165) is 0 Å². The van der Waals surface area contributed by atoms with E-state index < -0.39 is 5.91 Å². The topological polar surface area (TPSA) is 55.4 Å². The van der Waals surface area contributed by atoms with Crippen molar-refractivity contribution in [3.8, 4) is 11.5 Å². The minimum atomic E-state index is -0.465. The average molecular weight is 372 g/mol. The van der Waals surface area contributed by atoms with Gasteiger partial charge in [0.15, 0.2) is 5.78 Å². The summed E-state index contributed by atoms with van der Waals surface area (Å²) < 4.78 is 19.1. The Bertz CT molecular complexity index is 950. The molecule has 0 aromatic heterocycles. The minimum absolute atomic E-state index is 0.0905. The van der Waals surface area contributed by atoms with Gasteiger partial charge in [-0.05, 0) is 55.0 Å². The number of allylic oxidation sites excluding steroid dienone is 3. The van der Waals surface area contributed by atoms with Gasteiger partial charge in [0.25, 0.3) is 5.91 Å². The van der Waals surface area contributed by atoms with Gasteiger partial charge >= 0.3 is 0 Å². The van der Waals surface area contributed by atoms with E-state index in [1.807, 2.05) is 0 Å². The molecule has 0 radical (unpaired) electrons. The second-order valence-corrected chi connectivity index (χ2v) is 6.22. The summed E-state index contributed by atoms with van der Waals surface area (Å²) in [6.07, 6.45) is 5.02. The molecular weight excluding hydrogens is 357 g/mol. The van der Waals surface area contributed by atoms with Crippen LogP contribution in [-0.4, -0.2) is 11.7 Å². The quantitative estimate of drug-likeness (QED) is 0.845. The van der Waals surface area contributed by atoms with Crippen molar-refractivity contribution in [3.63, 3.8) is 0 Å². The van der Waals surface area contributed by atoms with Crippen LogP contribution in [0.5, 0.6) is 11.5 Å². The number of carbonyl (C=O) groups excluding carboxylic acids is 2. The molecule has 2 aromatic carbocycles. The molecule has 0 spiro atoms. The Hall–Kier alpha value is -2.92. The van der Waals surface area contributed by atoms with Gasteiger partial charge in [-0.15, -0.1) is 0 Å². The van der Waals surface area contributed by atoms with Crippen LogP contribution in [0.1, 0.15) is 22.3 Å². The summed E-state index contributed by atoms with van der Waals surface area (Å²) in [5.74, 6) is -0.229. The predicted octanol–water partition coefficient (Wildman–Crippen LogP) is 4.72. The van der Waals surface area contributed by atoms with E-state index in [0.29, 0.717) is 28.5 Å². The van der Waals surface area contributed by atoms with Crippen LogP contribution in [0.2, 0.25) is 5.02 Å². The van der Waals surface area contributed by atoms with E-state index in [9.17, 15) is 14.0 Å². The Labute approximate surface area is 154 Å². The average Bonchev–Trinajstić information content (AvgIpc) is 2.58. The van der Waals surface area contributed by atoms with E-state index in [-0.39, 0.29) is 22.9 Å². The highest BCUT2D eigenvalue weighted by molar-refractivity contribution is 6.31. The molecule has 0 saturated heterocycles. The highest BCUT2D eigenvalue weighted by Crippen LogP contribution is 2.30. The molecule has 4 nitrogen and oxygen atoms in total. The van der Waals surface area contributed by atoms with Gasteiger partial charge in [0.2, 0.25) is 0 Å². The molecule has 1 N–H and O–H groups in total. The molecule has 2 aromatic rings. The number of ether oxygens (including phenoxy) is 1. The monoisotopic (exact) mass is 371 g/mol. The smallest absolute Gasteiger partial charge is 0.259 e. The van der Waals surface area contributed by atoms with Crippen LogP contribution in [0.25, 0.3) is 0 Å². The van der Waals surface area contributed by atoms with E-state index in [4.69, 9.17) is 16.3 Å². The first-order valence-corrected chi connectivity index (χ1v) is 8.26. The van der Waals surface area contributed by atoms with E-state index in [2.05, 4.69) is 5.32 Å². The van der Waals surface area contributed by atoms with Crippen LogP contribution >= 0.6 is 11.6 Å². The van der Waals surface area contributed by atoms with Gasteiger partial charge in [-0.3, -0.25) is 9.59 Å². The van der Waals surface area contributed by atoms with Crippen LogP contribution in [0, 0.1) is 12.7 Å². The fourth-order valence-corrected chi connectivity index (χ4v) is 2.65. The first-order valence-electron chi connectivity index (χ1n) is 7.88. The Morgan fingerprint density at radius 2 is 1.96 bits per heavy atom. The summed E-state index contributed by atoms with van der Waals surface area (Å²) in [6, 6.07) is 8.74. The zero-order valence-electron chi connectivity index (χ0n) is 13.9. The zero-order valence-corrected chi connectivity index (χ0v) is 14.6. The van der Waals surface area contributed by atoms with Gasteiger partial charge in [-0.25, -0.2) is 4.39 Å². The Morgan fingerprint density at radius 3 is 2.69 bits per heavy atom. The number of halogens is 2. The van der Waals surface area contributed by atoms with Crippen molar-refractivity contribution in [1.29, 1.82) is 0 Å². The van der Waals surface area contributed by atoms with E-state index in [1.54, 1.807) is 31.2 Å². The molecule has 0 fully saturated rings. The van der Waals surface area contributed by atoms with Crippen molar-refractivity contribution in [2.75, 3.05) is 0 Å². The molecule has 3 rings (SSSR count). The first kappa shape index (κ1) is 17.9. The van der Waals surface area contributed by atoms with Crippen molar-refractivity contribution in [2.24, 2.45) is 0 Å². The van der Waals surface area contributed by atoms with E-state index in [1.165, 1.54) is 30.3 Å². The van der Waals surface area contributed by atoms with Crippen molar-refractivity contribution >= 4 is 23.3 Å². The van der Waals surface area contributed by atoms with Crippen molar-refractivity contribution < 1.29 is 18.7 Å². The van der Waals surface area contributed by atoms with Crippen molar-refractivity contribution in [3.05, 3.63) is 82.3 Å². The first-order chi connectivity index (χ1) is 12.4. The number of aryl methyl sites for hydroxylation is 1. The van der Waals surface area contributed by atoms with Crippen LogP contribution < -0.4 is 10.1 Å². The SMILES string of the molecule is Cc1cc(F)ccc1Oc1ccc(Cl)cc1C(=O)NC1=CC(=O)CC=C1. The number of benzene rings is 2. The van der Waals surface area contributed by atoms with Gasteiger partial charge in [-0.1, -0.05) is 17.7 Å². The summed E-state index contributed by atoms with van der Waals surface area (Å²) >= 11 is 6.01. The number of ketones is 1.